The number of carbonyl (C=O) groups is 1. The van der Waals surface area contributed by atoms with Gasteiger partial charge < -0.3 is 19.5 Å². The topological polar surface area (TPSA) is 56.8 Å². The monoisotopic (exact) mass is 259 g/mol. The van der Waals surface area contributed by atoms with Crippen molar-refractivity contribution >= 4 is 5.97 Å². The molecule has 0 aromatic carbocycles. The molecule has 0 aromatic heterocycles. The van der Waals surface area contributed by atoms with Crippen LogP contribution < -0.4 is 5.32 Å². The molecule has 0 heterocycles. The summed E-state index contributed by atoms with van der Waals surface area (Å²) in [5.41, 5.74) is -0.438. The van der Waals surface area contributed by atoms with Gasteiger partial charge in [-0.3, -0.25) is 4.79 Å². The molecule has 0 aromatic rings. The molecule has 5 nitrogen and oxygen atoms in total. The van der Waals surface area contributed by atoms with Crippen molar-refractivity contribution in [1.29, 1.82) is 0 Å². The summed E-state index contributed by atoms with van der Waals surface area (Å²) in [4.78, 5) is 11.5. The number of methoxy groups -OCH3 is 1. The highest BCUT2D eigenvalue weighted by Gasteiger charge is 2.42. The molecule has 106 valence electrons. The molecular weight excluding hydrogens is 234 g/mol. The van der Waals surface area contributed by atoms with E-state index in [9.17, 15) is 4.79 Å². The molecule has 0 aliphatic heterocycles. The largest absolute Gasteiger partial charge is 0.459 e. The summed E-state index contributed by atoms with van der Waals surface area (Å²) in [6.45, 7) is 8.43. The van der Waals surface area contributed by atoms with E-state index in [2.05, 4.69) is 5.32 Å². The fraction of sp³-hybridized carbons (Fsp3) is 0.923. The highest BCUT2D eigenvalue weighted by atomic mass is 16.6. The highest BCUT2D eigenvalue weighted by molar-refractivity contribution is 5.72. The lowest BCUT2D eigenvalue weighted by Gasteiger charge is -2.43. The second-order valence-electron chi connectivity index (χ2n) is 5.50. The summed E-state index contributed by atoms with van der Waals surface area (Å²) in [6.07, 6.45) is 1.03. The third-order valence-electron chi connectivity index (χ3n) is 2.83. The van der Waals surface area contributed by atoms with Crippen LogP contribution in [0, 0.1) is 0 Å². The van der Waals surface area contributed by atoms with Crippen LogP contribution in [-0.4, -0.2) is 50.1 Å². The smallest absolute Gasteiger partial charge is 0.320 e. The Morgan fingerprint density at radius 3 is 2.56 bits per heavy atom. The molecule has 0 bridgehead atoms. The Morgan fingerprint density at radius 1 is 1.39 bits per heavy atom. The molecular formula is C13H25NO4. The van der Waals surface area contributed by atoms with Gasteiger partial charge >= 0.3 is 5.97 Å². The fourth-order valence-electron chi connectivity index (χ4n) is 2.07. The van der Waals surface area contributed by atoms with Crippen molar-refractivity contribution in [1.82, 2.24) is 5.32 Å². The molecule has 0 saturated heterocycles. The van der Waals surface area contributed by atoms with Crippen molar-refractivity contribution in [2.75, 3.05) is 20.3 Å². The van der Waals surface area contributed by atoms with Gasteiger partial charge in [-0.25, -0.2) is 0 Å². The quantitative estimate of drug-likeness (QED) is 0.724. The minimum absolute atomic E-state index is 0.0207. The van der Waals surface area contributed by atoms with Crippen LogP contribution in [-0.2, 0) is 19.0 Å². The zero-order chi connectivity index (χ0) is 13.8. The van der Waals surface area contributed by atoms with E-state index in [1.54, 1.807) is 7.11 Å². The van der Waals surface area contributed by atoms with Gasteiger partial charge in [0.25, 0.3) is 0 Å². The molecule has 1 N–H and O–H groups in total. The number of hydrogen-bond donors (Lipinski definition) is 1. The Kier molecular flexibility index (Phi) is 5.56. The number of ether oxygens (including phenoxy) is 3. The Balaban J connectivity index is 2.26. The van der Waals surface area contributed by atoms with Crippen molar-refractivity contribution in [2.24, 2.45) is 0 Å². The number of nitrogens with one attached hydrogen (secondary N) is 1. The van der Waals surface area contributed by atoms with Crippen LogP contribution in [0.5, 0.6) is 0 Å². The van der Waals surface area contributed by atoms with E-state index in [-0.39, 0.29) is 30.8 Å². The average molecular weight is 259 g/mol. The van der Waals surface area contributed by atoms with Gasteiger partial charge in [-0.1, -0.05) is 0 Å². The Bertz CT molecular complexity index is 275. The minimum Gasteiger partial charge on any atom is -0.459 e. The summed E-state index contributed by atoms with van der Waals surface area (Å²) < 4.78 is 16.1. The molecule has 0 radical (unpaired) electrons. The van der Waals surface area contributed by atoms with Gasteiger partial charge in [0.05, 0.1) is 18.8 Å². The summed E-state index contributed by atoms with van der Waals surface area (Å²) in [5.74, 6) is -0.239. The molecule has 1 saturated carbocycles. The lowest BCUT2D eigenvalue weighted by molar-refractivity contribution is -0.157. The van der Waals surface area contributed by atoms with Gasteiger partial charge in [-0.15, -0.1) is 0 Å². The predicted molar refractivity (Wildman–Crippen MR) is 68.5 cm³/mol. The lowest BCUT2D eigenvalue weighted by atomic mass is 9.85. The third-order valence-corrected chi connectivity index (χ3v) is 2.83. The summed E-state index contributed by atoms with van der Waals surface area (Å²) in [7, 11) is 1.66. The maximum atomic E-state index is 11.5. The second kappa shape index (κ2) is 6.50. The molecule has 1 rings (SSSR count). The van der Waals surface area contributed by atoms with Crippen molar-refractivity contribution in [3.8, 4) is 0 Å². The molecule has 5 heteroatoms. The van der Waals surface area contributed by atoms with E-state index in [1.807, 2.05) is 27.7 Å². The summed E-state index contributed by atoms with van der Waals surface area (Å²) in [6, 6.07) is 0.166. The molecule has 1 fully saturated rings. The van der Waals surface area contributed by atoms with Crippen LogP contribution in [0.4, 0.5) is 0 Å². The minimum atomic E-state index is -0.438. The van der Waals surface area contributed by atoms with Crippen LogP contribution in [0.25, 0.3) is 0 Å². The van der Waals surface area contributed by atoms with Crippen LogP contribution in [0.1, 0.15) is 34.1 Å². The number of carbonyl (C=O) groups excluding carboxylic acids is 1. The van der Waals surface area contributed by atoms with E-state index < -0.39 is 5.60 Å². The zero-order valence-corrected chi connectivity index (χ0v) is 12.0. The standard InChI is InChI=1S/C13H25NO4/c1-6-17-10-7-9(12(10)16-5)14-8-11(15)18-13(2,3)4/h9-10,12,14H,6-8H2,1-5H3. The first-order chi connectivity index (χ1) is 8.37. The van der Waals surface area contributed by atoms with Crippen LogP contribution in [0.2, 0.25) is 0 Å². The van der Waals surface area contributed by atoms with Gasteiger partial charge in [0.15, 0.2) is 0 Å². The number of hydrogen-bond acceptors (Lipinski definition) is 5. The molecule has 1 aliphatic carbocycles. The summed E-state index contributed by atoms with van der Waals surface area (Å²) in [5, 5.41) is 3.15. The molecule has 0 amide bonds. The number of rotatable bonds is 6. The van der Waals surface area contributed by atoms with E-state index in [0.717, 1.165) is 6.42 Å². The summed E-state index contributed by atoms with van der Waals surface area (Å²) >= 11 is 0. The van der Waals surface area contributed by atoms with Gasteiger partial charge in [0.1, 0.15) is 5.60 Å². The first-order valence-electron chi connectivity index (χ1n) is 6.47. The SMILES string of the molecule is CCOC1CC(NCC(=O)OC(C)(C)C)C1OC. The highest BCUT2D eigenvalue weighted by Crippen LogP contribution is 2.26. The normalized spacial score (nSPS) is 27.7. The lowest BCUT2D eigenvalue weighted by Crippen LogP contribution is -2.60. The van der Waals surface area contributed by atoms with Crippen LogP contribution >= 0.6 is 0 Å². The Hall–Kier alpha value is -0.650. The third kappa shape index (κ3) is 4.55. The van der Waals surface area contributed by atoms with E-state index in [4.69, 9.17) is 14.2 Å². The zero-order valence-electron chi connectivity index (χ0n) is 12.0. The maximum absolute atomic E-state index is 11.5. The Labute approximate surface area is 109 Å². The molecule has 18 heavy (non-hydrogen) atoms. The number of esters is 1. The van der Waals surface area contributed by atoms with E-state index in [0.29, 0.717) is 6.61 Å². The van der Waals surface area contributed by atoms with E-state index >= 15 is 0 Å². The predicted octanol–water partition coefficient (Wildman–Crippen LogP) is 1.11. The first-order valence-corrected chi connectivity index (χ1v) is 6.47. The van der Waals surface area contributed by atoms with Crippen molar-refractivity contribution in [3.05, 3.63) is 0 Å². The van der Waals surface area contributed by atoms with Gasteiger partial charge in [0, 0.05) is 19.8 Å². The maximum Gasteiger partial charge on any atom is 0.320 e. The Morgan fingerprint density at radius 2 is 2.06 bits per heavy atom. The molecule has 3 atom stereocenters. The first kappa shape index (κ1) is 15.4. The second-order valence-corrected chi connectivity index (χ2v) is 5.50. The van der Waals surface area contributed by atoms with Gasteiger partial charge in [0.2, 0.25) is 0 Å². The van der Waals surface area contributed by atoms with Crippen molar-refractivity contribution < 1.29 is 19.0 Å². The van der Waals surface area contributed by atoms with Crippen LogP contribution in [0.15, 0.2) is 0 Å². The fourth-order valence-corrected chi connectivity index (χ4v) is 2.07. The van der Waals surface area contributed by atoms with Gasteiger partial charge in [-0.05, 0) is 34.1 Å². The van der Waals surface area contributed by atoms with E-state index in [1.165, 1.54) is 0 Å². The van der Waals surface area contributed by atoms with Crippen molar-refractivity contribution in [2.45, 2.75) is 58.0 Å². The molecule has 0 spiro atoms. The van der Waals surface area contributed by atoms with Gasteiger partial charge in [-0.2, -0.15) is 0 Å². The molecule has 3 unspecified atom stereocenters. The average Bonchev–Trinajstić information content (AvgIpc) is 2.20. The van der Waals surface area contributed by atoms with Crippen LogP contribution in [0.3, 0.4) is 0 Å². The van der Waals surface area contributed by atoms with Crippen molar-refractivity contribution in [3.63, 3.8) is 0 Å². The molecule has 1 aliphatic rings.